The maximum atomic E-state index is 11.7. The van der Waals surface area contributed by atoms with Crippen molar-refractivity contribution in [3.05, 3.63) is 11.9 Å². The highest BCUT2D eigenvalue weighted by atomic mass is 16.1. The lowest BCUT2D eigenvalue weighted by Crippen LogP contribution is -2.31. The number of ketones is 1. The van der Waals surface area contributed by atoms with Gasteiger partial charge in [-0.3, -0.25) is 4.79 Å². The van der Waals surface area contributed by atoms with E-state index in [1.807, 2.05) is 0 Å². The lowest BCUT2D eigenvalue weighted by Gasteiger charge is -2.08. The van der Waals surface area contributed by atoms with Gasteiger partial charge in [-0.15, -0.1) is 5.10 Å². The van der Waals surface area contributed by atoms with Gasteiger partial charge in [0, 0.05) is 7.05 Å². The van der Waals surface area contributed by atoms with Gasteiger partial charge in [-0.25, -0.2) is 4.68 Å². The number of aromatic nitrogens is 3. The number of carbonyl (C=O) groups is 1. The zero-order valence-electron chi connectivity index (χ0n) is 8.60. The highest BCUT2D eigenvalue weighted by molar-refractivity contribution is 5.98. The minimum absolute atomic E-state index is 0.0778. The van der Waals surface area contributed by atoms with E-state index < -0.39 is 6.04 Å². The third-order valence-corrected chi connectivity index (χ3v) is 2.17. The Morgan fingerprint density at radius 1 is 1.71 bits per heavy atom. The van der Waals surface area contributed by atoms with E-state index in [1.54, 1.807) is 7.05 Å². The fourth-order valence-corrected chi connectivity index (χ4v) is 1.26. The SMILES string of the molecule is CCCCC(N)C(=O)c1cnnn1C. The lowest BCUT2D eigenvalue weighted by molar-refractivity contribution is 0.0947. The molecule has 1 unspecified atom stereocenters. The first-order valence-electron chi connectivity index (χ1n) is 4.81. The summed E-state index contributed by atoms with van der Waals surface area (Å²) in [5.74, 6) is -0.0778. The molecule has 0 saturated heterocycles. The maximum Gasteiger partial charge on any atom is 0.199 e. The smallest absolute Gasteiger partial charge is 0.199 e. The van der Waals surface area contributed by atoms with Gasteiger partial charge < -0.3 is 5.73 Å². The molecule has 0 aromatic carbocycles. The molecule has 0 spiro atoms. The first kappa shape index (κ1) is 10.8. The molecule has 1 atom stereocenters. The summed E-state index contributed by atoms with van der Waals surface area (Å²) in [4.78, 5) is 11.7. The predicted molar refractivity (Wildman–Crippen MR) is 52.8 cm³/mol. The molecule has 0 aliphatic carbocycles. The zero-order valence-corrected chi connectivity index (χ0v) is 8.60. The molecule has 0 fully saturated rings. The zero-order chi connectivity index (χ0) is 10.6. The van der Waals surface area contributed by atoms with Crippen molar-refractivity contribution < 1.29 is 4.79 Å². The number of unbranched alkanes of at least 4 members (excludes halogenated alkanes) is 1. The summed E-state index contributed by atoms with van der Waals surface area (Å²) in [5, 5.41) is 7.33. The molecule has 1 aromatic heterocycles. The Morgan fingerprint density at radius 2 is 2.43 bits per heavy atom. The second-order valence-electron chi connectivity index (χ2n) is 3.36. The standard InChI is InChI=1S/C9H16N4O/c1-3-4-5-7(10)9(14)8-6-11-12-13(8)2/h6-7H,3-5,10H2,1-2H3. The first-order valence-corrected chi connectivity index (χ1v) is 4.81. The van der Waals surface area contributed by atoms with Crippen LogP contribution in [0.2, 0.25) is 0 Å². The maximum absolute atomic E-state index is 11.7. The number of hydrogen-bond acceptors (Lipinski definition) is 4. The Morgan fingerprint density at radius 3 is 2.93 bits per heavy atom. The molecule has 0 bridgehead atoms. The largest absolute Gasteiger partial charge is 0.321 e. The number of Topliss-reactive ketones (excluding diaryl/α,β-unsaturated/α-hetero) is 1. The average Bonchev–Trinajstić information content (AvgIpc) is 2.59. The molecule has 2 N–H and O–H groups in total. The quantitative estimate of drug-likeness (QED) is 0.696. The van der Waals surface area contributed by atoms with Crippen LogP contribution in [0.4, 0.5) is 0 Å². The predicted octanol–water partition coefficient (Wildman–Crippen LogP) is 0.515. The van der Waals surface area contributed by atoms with Crippen LogP contribution in [-0.4, -0.2) is 26.8 Å². The molecule has 78 valence electrons. The summed E-state index contributed by atoms with van der Waals surface area (Å²) >= 11 is 0. The topological polar surface area (TPSA) is 73.8 Å². The van der Waals surface area contributed by atoms with Gasteiger partial charge >= 0.3 is 0 Å². The minimum Gasteiger partial charge on any atom is -0.321 e. The summed E-state index contributed by atoms with van der Waals surface area (Å²) in [6, 6.07) is -0.424. The van der Waals surface area contributed by atoms with E-state index in [0.29, 0.717) is 5.69 Å². The van der Waals surface area contributed by atoms with Crippen molar-refractivity contribution in [3.63, 3.8) is 0 Å². The number of nitrogens with zero attached hydrogens (tertiary/aromatic N) is 3. The number of carbonyl (C=O) groups excluding carboxylic acids is 1. The van der Waals surface area contributed by atoms with Crippen molar-refractivity contribution in [1.29, 1.82) is 0 Å². The van der Waals surface area contributed by atoms with E-state index >= 15 is 0 Å². The van der Waals surface area contributed by atoms with Gasteiger partial charge in [0.2, 0.25) is 0 Å². The van der Waals surface area contributed by atoms with E-state index in [2.05, 4.69) is 17.2 Å². The van der Waals surface area contributed by atoms with Crippen LogP contribution in [0.25, 0.3) is 0 Å². The highest BCUT2D eigenvalue weighted by Gasteiger charge is 2.18. The second-order valence-corrected chi connectivity index (χ2v) is 3.36. The van der Waals surface area contributed by atoms with Gasteiger partial charge in [-0.2, -0.15) is 0 Å². The minimum atomic E-state index is -0.424. The first-order chi connectivity index (χ1) is 6.66. The molecular formula is C9H16N4O. The van der Waals surface area contributed by atoms with Crippen molar-refractivity contribution in [2.24, 2.45) is 12.8 Å². The molecule has 0 saturated carbocycles. The Labute approximate surface area is 83.3 Å². The van der Waals surface area contributed by atoms with Crippen molar-refractivity contribution in [3.8, 4) is 0 Å². The molecular weight excluding hydrogens is 180 g/mol. The number of rotatable bonds is 5. The van der Waals surface area contributed by atoms with Crippen LogP contribution >= 0.6 is 0 Å². The van der Waals surface area contributed by atoms with Gasteiger partial charge in [0.1, 0.15) is 5.69 Å². The van der Waals surface area contributed by atoms with Crippen LogP contribution < -0.4 is 5.73 Å². The van der Waals surface area contributed by atoms with Crippen LogP contribution in [0.5, 0.6) is 0 Å². The normalized spacial score (nSPS) is 12.8. The van der Waals surface area contributed by atoms with Crippen LogP contribution in [0.1, 0.15) is 36.7 Å². The van der Waals surface area contributed by atoms with Crippen LogP contribution in [0.3, 0.4) is 0 Å². The molecule has 5 heteroatoms. The Hall–Kier alpha value is -1.23. The van der Waals surface area contributed by atoms with E-state index in [1.165, 1.54) is 10.9 Å². The summed E-state index contributed by atoms with van der Waals surface area (Å²) in [7, 11) is 1.69. The molecule has 0 amide bonds. The molecule has 0 aliphatic heterocycles. The average molecular weight is 196 g/mol. The fourth-order valence-electron chi connectivity index (χ4n) is 1.26. The van der Waals surface area contributed by atoms with Crippen LogP contribution in [0.15, 0.2) is 6.20 Å². The highest BCUT2D eigenvalue weighted by Crippen LogP contribution is 2.05. The molecule has 14 heavy (non-hydrogen) atoms. The second kappa shape index (κ2) is 4.85. The van der Waals surface area contributed by atoms with Gasteiger partial charge in [0.25, 0.3) is 0 Å². The van der Waals surface area contributed by atoms with E-state index in [-0.39, 0.29) is 5.78 Å². The van der Waals surface area contributed by atoms with Gasteiger partial charge in [-0.05, 0) is 6.42 Å². The third-order valence-electron chi connectivity index (χ3n) is 2.17. The van der Waals surface area contributed by atoms with Crippen molar-refractivity contribution in [1.82, 2.24) is 15.0 Å². The molecule has 1 rings (SSSR count). The Balaban J connectivity index is 2.61. The lowest BCUT2D eigenvalue weighted by atomic mass is 10.0. The molecule has 1 heterocycles. The van der Waals surface area contributed by atoms with E-state index in [0.717, 1.165) is 19.3 Å². The summed E-state index contributed by atoms with van der Waals surface area (Å²) < 4.78 is 1.45. The van der Waals surface area contributed by atoms with Crippen molar-refractivity contribution >= 4 is 5.78 Å². The molecule has 0 aliphatic rings. The summed E-state index contributed by atoms with van der Waals surface area (Å²) in [6.07, 6.45) is 4.19. The monoisotopic (exact) mass is 196 g/mol. The van der Waals surface area contributed by atoms with Gasteiger partial charge in [0.15, 0.2) is 5.78 Å². The van der Waals surface area contributed by atoms with E-state index in [9.17, 15) is 4.79 Å². The van der Waals surface area contributed by atoms with Gasteiger partial charge in [0.05, 0.1) is 12.2 Å². The molecule has 5 nitrogen and oxygen atoms in total. The number of nitrogens with two attached hydrogens (primary N) is 1. The van der Waals surface area contributed by atoms with E-state index in [4.69, 9.17) is 5.73 Å². The molecule has 0 radical (unpaired) electrons. The number of aryl methyl sites for hydroxylation is 1. The fraction of sp³-hybridized carbons (Fsp3) is 0.667. The van der Waals surface area contributed by atoms with Crippen LogP contribution in [0, 0.1) is 0 Å². The number of hydrogen-bond donors (Lipinski definition) is 1. The van der Waals surface area contributed by atoms with Crippen molar-refractivity contribution in [2.45, 2.75) is 32.2 Å². The van der Waals surface area contributed by atoms with Crippen molar-refractivity contribution in [2.75, 3.05) is 0 Å². The molecule has 1 aromatic rings. The summed E-state index contributed by atoms with van der Waals surface area (Å²) in [5.41, 5.74) is 6.23. The Kier molecular flexibility index (Phi) is 3.76. The van der Waals surface area contributed by atoms with Crippen LogP contribution in [-0.2, 0) is 7.05 Å². The third kappa shape index (κ3) is 2.38. The Bertz CT molecular complexity index is 308. The summed E-state index contributed by atoms with van der Waals surface area (Å²) in [6.45, 7) is 2.07. The van der Waals surface area contributed by atoms with Gasteiger partial charge in [-0.1, -0.05) is 25.0 Å².